The Balaban J connectivity index is 0.000000964. The third kappa shape index (κ3) is 24.8. The standard InChI is InChI=1S/C24H53O3P.C14H23O3P/c1-3-5-7-9-11-13-15-17-19-21-23-28(25,26,27)24-22-20-18-16-14-12-10-8-6-4-2;1-13(2,3)10-7-8-12(17-18(15)16)11(9-10)14(4,5)6/h25-27H,3-24H2,1-2H3;7-9,15-16H,1-6H3. The van der Waals surface area contributed by atoms with Crippen LogP contribution in [-0.4, -0.2) is 36.8 Å². The van der Waals surface area contributed by atoms with Crippen molar-refractivity contribution >= 4 is 15.9 Å². The van der Waals surface area contributed by atoms with Gasteiger partial charge in [0.1, 0.15) is 5.75 Å². The van der Waals surface area contributed by atoms with Gasteiger partial charge in [-0.3, -0.25) is 0 Å². The fourth-order valence-electron chi connectivity index (χ4n) is 5.71. The van der Waals surface area contributed by atoms with Gasteiger partial charge in [0.25, 0.3) is 0 Å². The van der Waals surface area contributed by atoms with Crippen LogP contribution in [0.25, 0.3) is 0 Å². The Morgan fingerprint density at radius 1 is 0.543 bits per heavy atom. The monoisotopic (exact) mass is 691 g/mol. The molecule has 0 heterocycles. The Kier molecular flexibility index (Phi) is 23.8. The quantitative estimate of drug-likeness (QED) is 0.0545. The Bertz CT molecular complexity index is 856. The van der Waals surface area contributed by atoms with Crippen LogP contribution in [0.4, 0.5) is 0 Å². The summed E-state index contributed by atoms with van der Waals surface area (Å²) in [7, 11) is -6.73. The minimum atomic E-state index is -4.36. The fourth-order valence-corrected chi connectivity index (χ4v) is 8.01. The topological polar surface area (TPSA) is 110 Å². The maximum atomic E-state index is 10.3. The van der Waals surface area contributed by atoms with E-state index in [9.17, 15) is 14.7 Å². The zero-order chi connectivity index (χ0) is 35.1. The third-order valence-electron chi connectivity index (χ3n) is 8.77. The van der Waals surface area contributed by atoms with Crippen molar-refractivity contribution in [3.05, 3.63) is 29.3 Å². The molecule has 6 nitrogen and oxygen atoms in total. The molecule has 0 aliphatic carbocycles. The summed E-state index contributed by atoms with van der Waals surface area (Å²) in [6, 6.07) is 5.89. The van der Waals surface area contributed by atoms with Crippen molar-refractivity contribution in [2.75, 3.05) is 12.3 Å². The summed E-state index contributed by atoms with van der Waals surface area (Å²) in [6.45, 7) is 17.2. The van der Waals surface area contributed by atoms with Gasteiger partial charge < -0.3 is 14.3 Å². The van der Waals surface area contributed by atoms with Gasteiger partial charge in [0.15, 0.2) is 0 Å². The molecular formula is C38H76O6P2. The van der Waals surface area contributed by atoms with E-state index in [0.29, 0.717) is 5.75 Å². The second-order valence-corrected chi connectivity index (χ2v) is 20.0. The predicted octanol–water partition coefficient (Wildman–Crippen LogP) is 12.0. The van der Waals surface area contributed by atoms with Crippen molar-refractivity contribution in [2.24, 2.45) is 0 Å². The summed E-state index contributed by atoms with van der Waals surface area (Å²) in [4.78, 5) is 48.8. The van der Waals surface area contributed by atoms with Crippen LogP contribution in [0, 0.1) is 0 Å². The van der Waals surface area contributed by atoms with E-state index >= 15 is 0 Å². The molecule has 0 bridgehead atoms. The molecule has 0 unspecified atom stereocenters. The van der Waals surface area contributed by atoms with E-state index in [-0.39, 0.29) is 23.2 Å². The van der Waals surface area contributed by atoms with Crippen LogP contribution in [0.5, 0.6) is 5.75 Å². The van der Waals surface area contributed by atoms with E-state index in [4.69, 9.17) is 14.3 Å². The minimum absolute atomic E-state index is 0.0572. The molecule has 274 valence electrons. The zero-order valence-electron chi connectivity index (χ0n) is 31.3. The van der Waals surface area contributed by atoms with Gasteiger partial charge in [0, 0.05) is 5.56 Å². The van der Waals surface area contributed by atoms with Crippen LogP contribution >= 0.6 is 15.9 Å². The van der Waals surface area contributed by atoms with Crippen LogP contribution in [0.1, 0.15) is 195 Å². The first-order chi connectivity index (χ1) is 21.4. The molecule has 0 amide bonds. The van der Waals surface area contributed by atoms with E-state index in [1.807, 2.05) is 12.1 Å². The van der Waals surface area contributed by atoms with Gasteiger partial charge >= 0.3 is 185 Å². The number of benzene rings is 1. The molecule has 0 aromatic heterocycles. The SMILES string of the molecule is CC(C)(C)c1ccc(OP(O)O)c(C(C)(C)C)c1.CCCCCCCCCCCCP(O)(O)(O)CCCCCCCCCCCC. The summed E-state index contributed by atoms with van der Waals surface area (Å²) < 4.78 is 5.12. The first-order valence-electron chi connectivity index (χ1n) is 18.7. The molecule has 1 aromatic rings. The summed E-state index contributed by atoms with van der Waals surface area (Å²) in [5.74, 6) is 0.548. The first-order valence-corrected chi connectivity index (χ1v) is 22.3. The van der Waals surface area contributed by atoms with Crippen LogP contribution < -0.4 is 4.52 Å². The molecule has 0 aliphatic rings. The number of hydrogen-bond donors (Lipinski definition) is 5. The number of rotatable bonds is 24. The molecule has 1 aromatic carbocycles. The molecule has 0 aliphatic heterocycles. The van der Waals surface area contributed by atoms with Crippen LogP contribution in [0.15, 0.2) is 18.2 Å². The van der Waals surface area contributed by atoms with E-state index in [0.717, 1.165) is 44.1 Å². The Morgan fingerprint density at radius 3 is 1.20 bits per heavy atom. The van der Waals surface area contributed by atoms with Gasteiger partial charge in [0.2, 0.25) is 0 Å². The van der Waals surface area contributed by atoms with Gasteiger partial charge in [-0.1, -0.05) is 53.7 Å². The Morgan fingerprint density at radius 2 is 0.891 bits per heavy atom. The van der Waals surface area contributed by atoms with Crippen molar-refractivity contribution in [3.8, 4) is 5.75 Å². The molecule has 0 saturated carbocycles. The van der Waals surface area contributed by atoms with Crippen molar-refractivity contribution in [1.82, 2.24) is 0 Å². The molecule has 1 rings (SSSR count). The molecule has 0 saturated heterocycles. The van der Waals surface area contributed by atoms with Gasteiger partial charge in [-0.15, -0.1) is 0 Å². The molecule has 0 radical (unpaired) electrons. The van der Waals surface area contributed by atoms with Crippen LogP contribution in [0.2, 0.25) is 0 Å². The number of hydrogen-bond acceptors (Lipinski definition) is 6. The fraction of sp³-hybridized carbons (Fsp3) is 0.842. The normalized spacial score (nSPS) is 13.3. The molecule has 8 heteroatoms. The molecule has 0 fully saturated rings. The molecule has 5 N–H and O–H groups in total. The summed E-state index contributed by atoms with van der Waals surface area (Å²) in [5.41, 5.74) is 2.15. The molecule has 0 spiro atoms. The molecular weight excluding hydrogens is 614 g/mol. The average Bonchev–Trinajstić information content (AvgIpc) is 2.94. The second kappa shape index (κ2) is 23.9. The Labute approximate surface area is 286 Å². The first kappa shape index (κ1) is 45.7. The predicted molar refractivity (Wildman–Crippen MR) is 203 cm³/mol. The maximum absolute atomic E-state index is 10.3. The van der Waals surface area contributed by atoms with Crippen LogP contribution in [0.3, 0.4) is 0 Å². The van der Waals surface area contributed by atoms with E-state index in [2.05, 4.69) is 61.5 Å². The van der Waals surface area contributed by atoms with Crippen molar-refractivity contribution in [2.45, 2.75) is 195 Å². The van der Waals surface area contributed by atoms with Gasteiger partial charge in [0.05, 0.1) is 0 Å². The summed E-state index contributed by atoms with van der Waals surface area (Å²) >= 11 is 0. The molecule has 0 atom stereocenters. The summed E-state index contributed by atoms with van der Waals surface area (Å²) in [6.07, 6.45) is 24.7. The second-order valence-electron chi connectivity index (χ2n) is 15.7. The van der Waals surface area contributed by atoms with Crippen molar-refractivity contribution in [1.29, 1.82) is 0 Å². The van der Waals surface area contributed by atoms with Crippen molar-refractivity contribution < 1.29 is 29.0 Å². The zero-order valence-corrected chi connectivity index (χ0v) is 33.1. The molecule has 46 heavy (non-hydrogen) atoms. The van der Waals surface area contributed by atoms with E-state index in [1.54, 1.807) is 0 Å². The third-order valence-corrected chi connectivity index (χ3v) is 11.6. The van der Waals surface area contributed by atoms with E-state index in [1.165, 1.54) is 95.5 Å². The number of unbranched alkanes of at least 4 members (excludes halogenated alkanes) is 18. The average molecular weight is 691 g/mol. The van der Waals surface area contributed by atoms with Crippen LogP contribution in [-0.2, 0) is 10.8 Å². The Hall–Kier alpha value is -0.320. The van der Waals surface area contributed by atoms with Crippen molar-refractivity contribution in [3.63, 3.8) is 0 Å². The van der Waals surface area contributed by atoms with Gasteiger partial charge in [-0.25, -0.2) is 0 Å². The van der Waals surface area contributed by atoms with Gasteiger partial charge in [-0.05, 0) is 22.5 Å². The van der Waals surface area contributed by atoms with E-state index < -0.39 is 15.9 Å². The summed E-state index contributed by atoms with van der Waals surface area (Å²) in [5, 5.41) is 0. The van der Waals surface area contributed by atoms with Gasteiger partial charge in [-0.2, -0.15) is 0 Å².